The molecular formula is C16H22N2O2. The number of carbonyl (C=O) groups is 1. The van der Waals surface area contributed by atoms with Gasteiger partial charge >= 0.3 is 0 Å². The van der Waals surface area contributed by atoms with E-state index in [1.54, 1.807) is 0 Å². The zero-order valence-corrected chi connectivity index (χ0v) is 12.0. The molecule has 2 heterocycles. The summed E-state index contributed by atoms with van der Waals surface area (Å²) in [6.45, 7) is 2.92. The van der Waals surface area contributed by atoms with Crippen molar-refractivity contribution < 1.29 is 9.90 Å². The lowest BCUT2D eigenvalue weighted by Crippen LogP contribution is -2.44. The van der Waals surface area contributed by atoms with Gasteiger partial charge in [-0.05, 0) is 30.5 Å². The van der Waals surface area contributed by atoms with E-state index in [1.165, 1.54) is 5.56 Å². The van der Waals surface area contributed by atoms with Crippen molar-refractivity contribution in [2.75, 3.05) is 20.1 Å². The standard InChI is InChI=1S/C16H22N2O2/c1-17-10-15-14(16(17)20)3-2-8-18(15)9-12-4-6-13(11-19)7-5-12/h4-7,14-15,19H,2-3,8-11H2,1H3/t14-,15-/m1/s1. The number of carbonyl (C=O) groups excluding carboxylic acids is 1. The Hall–Kier alpha value is -1.39. The lowest BCUT2D eigenvalue weighted by atomic mass is 9.91. The van der Waals surface area contributed by atoms with Crippen LogP contribution in [0.2, 0.25) is 0 Å². The van der Waals surface area contributed by atoms with E-state index in [4.69, 9.17) is 5.11 Å². The van der Waals surface area contributed by atoms with E-state index >= 15 is 0 Å². The first-order valence-electron chi connectivity index (χ1n) is 7.37. The van der Waals surface area contributed by atoms with Crippen molar-refractivity contribution in [3.05, 3.63) is 35.4 Å². The van der Waals surface area contributed by atoms with Crippen LogP contribution in [0.5, 0.6) is 0 Å². The third-order valence-electron chi connectivity index (χ3n) is 4.64. The van der Waals surface area contributed by atoms with Crippen molar-refractivity contribution in [1.82, 2.24) is 9.80 Å². The molecule has 108 valence electrons. The van der Waals surface area contributed by atoms with Crippen LogP contribution < -0.4 is 0 Å². The Bertz CT molecular complexity index is 486. The van der Waals surface area contributed by atoms with Crippen LogP contribution in [0.4, 0.5) is 0 Å². The second-order valence-electron chi connectivity index (χ2n) is 5.98. The number of amides is 1. The van der Waals surface area contributed by atoms with Crippen molar-refractivity contribution in [1.29, 1.82) is 0 Å². The zero-order valence-electron chi connectivity index (χ0n) is 12.0. The molecule has 2 atom stereocenters. The first-order chi connectivity index (χ1) is 9.69. The molecule has 0 aromatic heterocycles. The third-order valence-corrected chi connectivity index (χ3v) is 4.64. The second kappa shape index (κ2) is 5.54. The summed E-state index contributed by atoms with van der Waals surface area (Å²) in [6.07, 6.45) is 2.14. The van der Waals surface area contributed by atoms with Crippen molar-refractivity contribution in [2.45, 2.75) is 32.0 Å². The topological polar surface area (TPSA) is 43.8 Å². The molecule has 0 unspecified atom stereocenters. The summed E-state index contributed by atoms with van der Waals surface area (Å²) < 4.78 is 0. The van der Waals surface area contributed by atoms with Gasteiger partial charge in [-0.25, -0.2) is 0 Å². The summed E-state index contributed by atoms with van der Waals surface area (Å²) in [5.41, 5.74) is 2.20. The van der Waals surface area contributed by atoms with Gasteiger partial charge in [-0.1, -0.05) is 24.3 Å². The van der Waals surface area contributed by atoms with E-state index in [2.05, 4.69) is 17.0 Å². The molecule has 20 heavy (non-hydrogen) atoms. The molecule has 1 aromatic rings. The predicted octanol–water partition coefficient (Wildman–Crippen LogP) is 1.23. The smallest absolute Gasteiger partial charge is 0.227 e. The Morgan fingerprint density at radius 2 is 1.95 bits per heavy atom. The highest BCUT2D eigenvalue weighted by molar-refractivity contribution is 5.81. The van der Waals surface area contributed by atoms with Gasteiger partial charge in [0.25, 0.3) is 0 Å². The Labute approximate surface area is 120 Å². The quantitative estimate of drug-likeness (QED) is 0.901. The van der Waals surface area contributed by atoms with Crippen LogP contribution in [-0.2, 0) is 17.9 Å². The maximum absolute atomic E-state index is 12.1. The Morgan fingerprint density at radius 1 is 1.25 bits per heavy atom. The van der Waals surface area contributed by atoms with Crippen LogP contribution in [-0.4, -0.2) is 47.0 Å². The first-order valence-corrected chi connectivity index (χ1v) is 7.37. The van der Waals surface area contributed by atoms with E-state index in [1.807, 2.05) is 24.1 Å². The van der Waals surface area contributed by atoms with Gasteiger partial charge in [-0.15, -0.1) is 0 Å². The summed E-state index contributed by atoms with van der Waals surface area (Å²) in [4.78, 5) is 16.4. The number of benzene rings is 1. The molecule has 2 fully saturated rings. The minimum atomic E-state index is 0.0913. The molecule has 2 saturated heterocycles. The van der Waals surface area contributed by atoms with E-state index in [-0.39, 0.29) is 12.5 Å². The van der Waals surface area contributed by atoms with Crippen LogP contribution in [0.25, 0.3) is 0 Å². The van der Waals surface area contributed by atoms with Gasteiger partial charge in [-0.3, -0.25) is 9.69 Å². The molecule has 2 aliphatic heterocycles. The first kappa shape index (κ1) is 13.6. The van der Waals surface area contributed by atoms with Gasteiger partial charge in [0.15, 0.2) is 0 Å². The molecule has 0 spiro atoms. The maximum Gasteiger partial charge on any atom is 0.227 e. The van der Waals surface area contributed by atoms with E-state index in [0.717, 1.165) is 38.0 Å². The molecule has 0 saturated carbocycles. The number of likely N-dealkylation sites (N-methyl/N-ethyl adjacent to an activating group) is 1. The van der Waals surface area contributed by atoms with Gasteiger partial charge < -0.3 is 10.0 Å². The van der Waals surface area contributed by atoms with Gasteiger partial charge in [-0.2, -0.15) is 0 Å². The normalized spacial score (nSPS) is 26.9. The molecule has 1 aromatic carbocycles. The number of piperidine rings is 1. The fraction of sp³-hybridized carbons (Fsp3) is 0.562. The molecule has 0 bridgehead atoms. The van der Waals surface area contributed by atoms with Crippen LogP contribution in [0.15, 0.2) is 24.3 Å². The average molecular weight is 274 g/mol. The number of aliphatic hydroxyl groups is 1. The van der Waals surface area contributed by atoms with Crippen molar-refractivity contribution >= 4 is 5.91 Å². The number of nitrogens with zero attached hydrogens (tertiary/aromatic N) is 2. The molecular weight excluding hydrogens is 252 g/mol. The van der Waals surface area contributed by atoms with Crippen LogP contribution in [0, 0.1) is 5.92 Å². The monoisotopic (exact) mass is 274 g/mol. The number of rotatable bonds is 3. The Morgan fingerprint density at radius 3 is 2.65 bits per heavy atom. The number of hydrogen-bond acceptors (Lipinski definition) is 3. The lowest BCUT2D eigenvalue weighted by Gasteiger charge is -2.35. The molecule has 4 heteroatoms. The third kappa shape index (κ3) is 2.45. The minimum Gasteiger partial charge on any atom is -0.392 e. The fourth-order valence-electron chi connectivity index (χ4n) is 3.49. The zero-order chi connectivity index (χ0) is 14.1. The van der Waals surface area contributed by atoms with Crippen LogP contribution in [0.3, 0.4) is 0 Å². The van der Waals surface area contributed by atoms with Gasteiger partial charge in [0, 0.05) is 26.2 Å². The Kier molecular flexibility index (Phi) is 3.76. The maximum atomic E-state index is 12.1. The van der Waals surface area contributed by atoms with Gasteiger partial charge in [0.05, 0.1) is 12.5 Å². The van der Waals surface area contributed by atoms with Crippen LogP contribution in [0.1, 0.15) is 24.0 Å². The summed E-state index contributed by atoms with van der Waals surface area (Å²) in [5.74, 6) is 0.515. The van der Waals surface area contributed by atoms with E-state index < -0.39 is 0 Å². The van der Waals surface area contributed by atoms with E-state index in [0.29, 0.717) is 11.9 Å². The number of aliphatic hydroxyl groups excluding tert-OH is 1. The van der Waals surface area contributed by atoms with Crippen molar-refractivity contribution in [3.63, 3.8) is 0 Å². The summed E-state index contributed by atoms with van der Waals surface area (Å²) in [6, 6.07) is 8.48. The van der Waals surface area contributed by atoms with Gasteiger partial charge in [0.2, 0.25) is 5.91 Å². The van der Waals surface area contributed by atoms with Crippen molar-refractivity contribution in [3.8, 4) is 0 Å². The summed E-state index contributed by atoms with van der Waals surface area (Å²) in [7, 11) is 1.91. The molecule has 2 aliphatic rings. The molecule has 1 N–H and O–H groups in total. The molecule has 3 rings (SSSR count). The SMILES string of the molecule is CN1C[C@@H]2[C@@H](CCCN2Cc2ccc(CO)cc2)C1=O. The molecule has 4 nitrogen and oxygen atoms in total. The van der Waals surface area contributed by atoms with Crippen molar-refractivity contribution in [2.24, 2.45) is 5.92 Å². The Balaban J connectivity index is 1.71. The van der Waals surface area contributed by atoms with Gasteiger partial charge in [0.1, 0.15) is 0 Å². The predicted molar refractivity (Wildman–Crippen MR) is 76.9 cm³/mol. The number of fused-ring (bicyclic) bond motifs is 1. The highest BCUT2D eigenvalue weighted by Gasteiger charge is 2.43. The number of hydrogen-bond donors (Lipinski definition) is 1. The highest BCUT2D eigenvalue weighted by Crippen LogP contribution is 2.31. The molecule has 1 amide bonds. The average Bonchev–Trinajstić information content (AvgIpc) is 2.77. The molecule has 0 radical (unpaired) electrons. The largest absolute Gasteiger partial charge is 0.392 e. The van der Waals surface area contributed by atoms with E-state index in [9.17, 15) is 4.79 Å². The second-order valence-corrected chi connectivity index (χ2v) is 5.98. The summed E-state index contributed by atoms with van der Waals surface area (Å²) >= 11 is 0. The fourth-order valence-corrected chi connectivity index (χ4v) is 3.49. The molecule has 0 aliphatic carbocycles. The number of likely N-dealkylation sites (tertiary alicyclic amines) is 2. The minimum absolute atomic E-state index is 0.0913. The van der Waals surface area contributed by atoms with Crippen LogP contribution >= 0.6 is 0 Å². The lowest BCUT2D eigenvalue weighted by molar-refractivity contribution is -0.130. The highest BCUT2D eigenvalue weighted by atomic mass is 16.3. The summed E-state index contributed by atoms with van der Waals surface area (Å²) in [5, 5.41) is 9.08.